The number of unbranched alkanes of at least 4 members (excludes halogenated alkanes) is 1. The minimum absolute atomic E-state index is 0.0876. The van der Waals surface area contributed by atoms with Crippen molar-refractivity contribution >= 4 is 29.4 Å². The summed E-state index contributed by atoms with van der Waals surface area (Å²) < 4.78 is 5.46. The van der Waals surface area contributed by atoms with Crippen molar-refractivity contribution in [1.82, 2.24) is 14.7 Å². The molecule has 3 rings (SSSR count). The van der Waals surface area contributed by atoms with Crippen LogP contribution in [0, 0.1) is 5.41 Å². The molecule has 0 aromatic heterocycles. The average molecular weight is 555 g/mol. The molecule has 2 heterocycles. The van der Waals surface area contributed by atoms with Crippen LogP contribution in [0.25, 0.3) is 0 Å². The molecule has 2 aliphatic heterocycles. The van der Waals surface area contributed by atoms with E-state index < -0.39 is 0 Å². The largest absolute Gasteiger partial charge is 0.495 e. The number of ether oxygens (including phenoxy) is 1. The number of aliphatic hydroxyl groups excluding tert-OH is 1. The third kappa shape index (κ3) is 14.3. The minimum Gasteiger partial charge on any atom is -0.495 e. The van der Waals surface area contributed by atoms with Crippen molar-refractivity contribution in [2.45, 2.75) is 54.4 Å². The number of β-amino-alcohol motifs (C(OH)–C–C–N with tert-alkyl or cyclic N) is 1. The lowest BCUT2D eigenvalue weighted by Gasteiger charge is -2.36. The average Bonchev–Trinajstić information content (AvgIpc) is 3.15. The standard InChI is InChI=1S/C20H30N4O4.C5H12.C2H6S.C2H6/c1-28-18-7-3-2-6-17(18)22-12-10-21(11-13-22)8-4-5-9-24-19(26)16-23(14-15-25)20(24)27;1-5(2,3)4;1-3-2;1-2/h2-3,6-7,25H,4-5,8-16H2,1H3;1-4H3;1-2H3;1-2H3. The van der Waals surface area contributed by atoms with E-state index in [1.54, 1.807) is 18.9 Å². The van der Waals surface area contributed by atoms with Crippen molar-refractivity contribution in [3.63, 3.8) is 0 Å². The lowest BCUT2D eigenvalue weighted by Crippen LogP contribution is -2.46. The number of rotatable bonds is 9. The van der Waals surface area contributed by atoms with E-state index in [1.165, 1.54) is 9.80 Å². The molecule has 0 unspecified atom stereocenters. The fourth-order valence-corrected chi connectivity index (χ4v) is 3.82. The molecule has 0 bridgehead atoms. The zero-order valence-corrected chi connectivity index (χ0v) is 26.3. The van der Waals surface area contributed by atoms with E-state index in [4.69, 9.17) is 9.84 Å². The number of para-hydroxylation sites is 2. The molecule has 38 heavy (non-hydrogen) atoms. The van der Waals surface area contributed by atoms with Crippen molar-refractivity contribution < 1.29 is 19.4 Å². The second-order valence-electron chi connectivity index (χ2n) is 10.6. The third-order valence-electron chi connectivity index (χ3n) is 5.40. The maximum Gasteiger partial charge on any atom is 0.327 e. The Morgan fingerprint density at radius 2 is 1.45 bits per heavy atom. The Balaban J connectivity index is 0.00000119. The molecule has 0 spiro atoms. The van der Waals surface area contributed by atoms with Crippen LogP contribution in [0.1, 0.15) is 54.4 Å². The van der Waals surface area contributed by atoms with Gasteiger partial charge in [-0.05, 0) is 49.4 Å². The molecule has 8 nitrogen and oxygen atoms in total. The summed E-state index contributed by atoms with van der Waals surface area (Å²) in [5, 5.41) is 8.96. The lowest BCUT2D eigenvalue weighted by molar-refractivity contribution is -0.125. The summed E-state index contributed by atoms with van der Waals surface area (Å²) in [5.41, 5.74) is 1.64. The van der Waals surface area contributed by atoms with Crippen LogP contribution >= 0.6 is 11.8 Å². The van der Waals surface area contributed by atoms with Gasteiger partial charge in [0.05, 0.1) is 19.4 Å². The smallest absolute Gasteiger partial charge is 0.327 e. The number of hydrogen-bond acceptors (Lipinski definition) is 7. The van der Waals surface area contributed by atoms with Gasteiger partial charge in [0.15, 0.2) is 0 Å². The number of aliphatic hydroxyl groups is 1. The van der Waals surface area contributed by atoms with E-state index in [1.807, 2.05) is 44.6 Å². The maximum atomic E-state index is 12.1. The minimum atomic E-state index is -0.274. The zero-order valence-electron chi connectivity index (χ0n) is 25.5. The Kier molecular flexibility index (Phi) is 19.0. The molecule has 2 aliphatic rings. The Morgan fingerprint density at radius 3 is 1.97 bits per heavy atom. The lowest BCUT2D eigenvalue weighted by atomic mass is 10.0. The Hall–Kier alpha value is -1.97. The van der Waals surface area contributed by atoms with Gasteiger partial charge in [-0.25, -0.2) is 4.79 Å². The van der Waals surface area contributed by atoms with Gasteiger partial charge in [0.25, 0.3) is 0 Å². The quantitative estimate of drug-likeness (QED) is 0.343. The highest BCUT2D eigenvalue weighted by Gasteiger charge is 2.34. The summed E-state index contributed by atoms with van der Waals surface area (Å²) in [6.45, 7) is 18.3. The molecular weight excluding hydrogens is 500 g/mol. The molecule has 2 saturated heterocycles. The van der Waals surface area contributed by atoms with Crippen molar-refractivity contribution in [2.75, 3.05) is 83.5 Å². The first-order chi connectivity index (χ1) is 18.0. The van der Waals surface area contributed by atoms with Gasteiger partial charge >= 0.3 is 6.03 Å². The van der Waals surface area contributed by atoms with Gasteiger partial charge in [0.2, 0.25) is 5.91 Å². The summed E-state index contributed by atoms with van der Waals surface area (Å²) in [6.07, 6.45) is 5.84. The molecule has 0 atom stereocenters. The van der Waals surface area contributed by atoms with Gasteiger partial charge in [-0.15, -0.1) is 0 Å². The normalized spacial score (nSPS) is 15.7. The summed E-state index contributed by atoms with van der Waals surface area (Å²) >= 11 is 1.75. The second kappa shape index (κ2) is 20.0. The van der Waals surface area contributed by atoms with Crippen LogP contribution in [-0.4, -0.2) is 110 Å². The number of carbonyl (C=O) groups excluding carboxylic acids is 2. The Labute approximate surface area is 236 Å². The summed E-state index contributed by atoms with van der Waals surface area (Å²) in [6, 6.07) is 7.83. The van der Waals surface area contributed by atoms with Gasteiger partial charge in [0.1, 0.15) is 12.3 Å². The van der Waals surface area contributed by atoms with Crippen LogP contribution < -0.4 is 9.64 Å². The fourth-order valence-electron chi connectivity index (χ4n) is 3.82. The van der Waals surface area contributed by atoms with Crippen molar-refractivity contribution in [3.8, 4) is 5.75 Å². The molecule has 0 aliphatic carbocycles. The van der Waals surface area contributed by atoms with E-state index >= 15 is 0 Å². The monoisotopic (exact) mass is 554 g/mol. The first kappa shape index (κ1) is 36.0. The van der Waals surface area contributed by atoms with E-state index in [0.29, 0.717) is 12.0 Å². The second-order valence-corrected chi connectivity index (χ2v) is 11.4. The Morgan fingerprint density at radius 1 is 0.921 bits per heavy atom. The number of nitrogens with zero attached hydrogens (tertiary/aromatic N) is 4. The van der Waals surface area contributed by atoms with E-state index in [-0.39, 0.29) is 31.6 Å². The SMILES string of the molecule is CC.CC(C)(C)C.COc1ccccc1N1CCN(CCCCN2C(=O)CN(CCO)C2=O)CC1.CSC. The highest BCUT2D eigenvalue weighted by molar-refractivity contribution is 7.97. The molecule has 9 heteroatoms. The number of methoxy groups -OCH3 is 1. The fraction of sp³-hybridized carbons (Fsp3) is 0.724. The number of thioether (sulfide) groups is 1. The number of amides is 3. The molecule has 3 amide bonds. The zero-order chi connectivity index (χ0) is 29.1. The number of benzene rings is 1. The molecule has 2 fully saturated rings. The van der Waals surface area contributed by atoms with Crippen molar-refractivity contribution in [3.05, 3.63) is 24.3 Å². The van der Waals surface area contributed by atoms with Crippen LogP contribution in [0.5, 0.6) is 5.75 Å². The first-order valence-electron chi connectivity index (χ1n) is 13.8. The number of piperazine rings is 1. The molecular formula is C29H54N4O4S. The molecule has 1 aromatic rings. The molecule has 0 radical (unpaired) electrons. The third-order valence-corrected chi connectivity index (χ3v) is 5.40. The van der Waals surface area contributed by atoms with Crippen LogP contribution in [-0.2, 0) is 4.79 Å². The molecule has 220 valence electrons. The summed E-state index contributed by atoms with van der Waals surface area (Å²) in [7, 11) is 1.70. The summed E-state index contributed by atoms with van der Waals surface area (Å²) in [5.74, 6) is 0.745. The number of imide groups is 1. The predicted molar refractivity (Wildman–Crippen MR) is 163 cm³/mol. The molecule has 0 saturated carbocycles. The Bertz CT molecular complexity index is 774. The highest BCUT2D eigenvalue weighted by atomic mass is 32.2. The molecule has 1 N–H and O–H groups in total. The van der Waals surface area contributed by atoms with Crippen LogP contribution in [0.15, 0.2) is 24.3 Å². The van der Waals surface area contributed by atoms with Crippen LogP contribution in [0.4, 0.5) is 10.5 Å². The van der Waals surface area contributed by atoms with E-state index in [9.17, 15) is 9.59 Å². The predicted octanol–water partition coefficient (Wildman–Crippen LogP) is 4.91. The first-order valence-corrected chi connectivity index (χ1v) is 15.4. The number of anilines is 1. The van der Waals surface area contributed by atoms with E-state index in [2.05, 4.69) is 43.6 Å². The maximum absolute atomic E-state index is 12.1. The molecule has 1 aromatic carbocycles. The number of carbonyl (C=O) groups is 2. The number of hydrogen-bond donors (Lipinski definition) is 1. The van der Waals surface area contributed by atoms with Gasteiger partial charge in [-0.3, -0.25) is 14.6 Å². The topological polar surface area (TPSA) is 76.6 Å². The summed E-state index contributed by atoms with van der Waals surface area (Å²) in [4.78, 5) is 31.6. The van der Waals surface area contributed by atoms with E-state index in [0.717, 1.165) is 57.0 Å². The van der Waals surface area contributed by atoms with Gasteiger partial charge in [-0.2, -0.15) is 11.8 Å². The van der Waals surface area contributed by atoms with Crippen LogP contribution in [0.3, 0.4) is 0 Å². The van der Waals surface area contributed by atoms with Gasteiger partial charge in [-0.1, -0.05) is 53.7 Å². The van der Waals surface area contributed by atoms with Crippen molar-refractivity contribution in [1.29, 1.82) is 0 Å². The van der Waals surface area contributed by atoms with Crippen molar-refractivity contribution in [2.24, 2.45) is 5.41 Å². The van der Waals surface area contributed by atoms with Gasteiger partial charge in [0, 0.05) is 39.3 Å². The van der Waals surface area contributed by atoms with Crippen LogP contribution in [0.2, 0.25) is 0 Å². The van der Waals surface area contributed by atoms with Gasteiger partial charge < -0.3 is 19.6 Å². The highest BCUT2D eigenvalue weighted by Crippen LogP contribution is 2.28. The number of urea groups is 1.